The van der Waals surface area contributed by atoms with Gasteiger partial charge in [0.05, 0.1) is 5.57 Å². The van der Waals surface area contributed by atoms with Gasteiger partial charge in [-0.25, -0.2) is 0 Å². The first-order valence-electron chi connectivity index (χ1n) is 5.14. The highest BCUT2D eigenvalue weighted by molar-refractivity contribution is 6.24. The first-order valence-corrected chi connectivity index (χ1v) is 5.14. The van der Waals surface area contributed by atoms with E-state index in [1.165, 1.54) is 20.3 Å². The molecule has 0 bridgehead atoms. The lowest BCUT2D eigenvalue weighted by Crippen LogP contribution is -2.27. The average Bonchev–Trinajstić information content (AvgIpc) is 2.37. The van der Waals surface area contributed by atoms with Gasteiger partial charge < -0.3 is 9.47 Å². The SMILES string of the molecule is COC(OC)C1=CC(=O)c2ccccc2C1=O. The van der Waals surface area contributed by atoms with Gasteiger partial charge in [-0.05, 0) is 6.08 Å². The van der Waals surface area contributed by atoms with E-state index in [0.717, 1.165) is 0 Å². The van der Waals surface area contributed by atoms with Crippen LogP contribution in [0.15, 0.2) is 35.9 Å². The zero-order chi connectivity index (χ0) is 12.4. The molecule has 0 atom stereocenters. The number of allylic oxidation sites excluding steroid dienone is 1. The molecule has 0 N–H and O–H groups in total. The van der Waals surface area contributed by atoms with E-state index >= 15 is 0 Å². The minimum Gasteiger partial charge on any atom is -0.352 e. The predicted molar refractivity (Wildman–Crippen MR) is 61.0 cm³/mol. The van der Waals surface area contributed by atoms with Gasteiger partial charge in [0.15, 0.2) is 17.9 Å². The largest absolute Gasteiger partial charge is 0.352 e. The van der Waals surface area contributed by atoms with Gasteiger partial charge in [0.2, 0.25) is 0 Å². The summed E-state index contributed by atoms with van der Waals surface area (Å²) < 4.78 is 10.0. The highest BCUT2D eigenvalue weighted by Crippen LogP contribution is 2.24. The number of methoxy groups -OCH3 is 2. The van der Waals surface area contributed by atoms with E-state index in [9.17, 15) is 9.59 Å². The molecule has 0 aromatic heterocycles. The molecular weight excluding hydrogens is 220 g/mol. The maximum Gasteiger partial charge on any atom is 0.194 e. The van der Waals surface area contributed by atoms with Gasteiger partial charge in [0, 0.05) is 25.3 Å². The Kier molecular flexibility index (Phi) is 3.17. The summed E-state index contributed by atoms with van der Waals surface area (Å²) in [6, 6.07) is 6.72. The van der Waals surface area contributed by atoms with Crippen LogP contribution in [0.4, 0.5) is 0 Å². The number of carbonyl (C=O) groups excluding carboxylic acids is 2. The van der Waals surface area contributed by atoms with Gasteiger partial charge >= 0.3 is 0 Å². The van der Waals surface area contributed by atoms with Crippen LogP contribution in [-0.4, -0.2) is 32.1 Å². The molecule has 0 aliphatic heterocycles. The molecule has 0 fully saturated rings. The number of benzene rings is 1. The molecular formula is C13H12O4. The topological polar surface area (TPSA) is 52.6 Å². The second-order valence-corrected chi connectivity index (χ2v) is 3.64. The standard InChI is InChI=1S/C13H12O4/c1-16-13(17-2)10-7-11(14)8-5-3-4-6-9(8)12(10)15/h3-7,13H,1-2H3. The van der Waals surface area contributed by atoms with Crippen LogP contribution < -0.4 is 0 Å². The normalized spacial score (nSPS) is 14.9. The van der Waals surface area contributed by atoms with Crippen LogP contribution in [0.25, 0.3) is 0 Å². The molecule has 1 aromatic rings. The number of rotatable bonds is 3. The maximum absolute atomic E-state index is 12.1. The van der Waals surface area contributed by atoms with Crippen molar-refractivity contribution in [1.82, 2.24) is 0 Å². The summed E-state index contributed by atoms with van der Waals surface area (Å²) in [5.41, 5.74) is 1.06. The van der Waals surface area contributed by atoms with Gasteiger partial charge in [-0.15, -0.1) is 0 Å². The van der Waals surface area contributed by atoms with Crippen molar-refractivity contribution in [3.8, 4) is 0 Å². The average molecular weight is 232 g/mol. The zero-order valence-electron chi connectivity index (χ0n) is 9.60. The van der Waals surface area contributed by atoms with Gasteiger partial charge in [-0.1, -0.05) is 24.3 Å². The minimum atomic E-state index is -0.806. The number of hydrogen-bond donors (Lipinski definition) is 0. The molecule has 1 aliphatic carbocycles. The van der Waals surface area contributed by atoms with E-state index in [4.69, 9.17) is 9.47 Å². The number of carbonyl (C=O) groups is 2. The molecule has 0 heterocycles. The summed E-state index contributed by atoms with van der Waals surface area (Å²) in [6.45, 7) is 0. The second kappa shape index (κ2) is 4.61. The van der Waals surface area contributed by atoms with E-state index in [-0.39, 0.29) is 17.1 Å². The predicted octanol–water partition coefficient (Wildman–Crippen LogP) is 1.61. The van der Waals surface area contributed by atoms with Crippen molar-refractivity contribution in [2.45, 2.75) is 6.29 Å². The van der Waals surface area contributed by atoms with E-state index in [2.05, 4.69) is 0 Å². The Balaban J connectivity index is 2.48. The number of Topliss-reactive ketones (excluding diaryl/α,β-unsaturated/α-hetero) is 1. The fraction of sp³-hybridized carbons (Fsp3) is 0.231. The Morgan fingerprint density at radius 1 is 1.00 bits per heavy atom. The molecule has 88 valence electrons. The Morgan fingerprint density at radius 2 is 1.59 bits per heavy atom. The molecule has 1 aromatic carbocycles. The molecule has 4 heteroatoms. The Morgan fingerprint density at radius 3 is 2.18 bits per heavy atom. The van der Waals surface area contributed by atoms with Crippen LogP contribution in [0.5, 0.6) is 0 Å². The Hall–Kier alpha value is -1.78. The zero-order valence-corrected chi connectivity index (χ0v) is 9.60. The summed E-state index contributed by atoms with van der Waals surface area (Å²) in [5, 5.41) is 0. The quantitative estimate of drug-likeness (QED) is 0.743. The molecule has 0 amide bonds. The number of hydrogen-bond acceptors (Lipinski definition) is 4. The van der Waals surface area contributed by atoms with Gasteiger partial charge in [0.1, 0.15) is 0 Å². The lowest BCUT2D eigenvalue weighted by atomic mass is 9.89. The van der Waals surface area contributed by atoms with Gasteiger partial charge in [-0.2, -0.15) is 0 Å². The number of fused-ring (bicyclic) bond motifs is 1. The third-order valence-corrected chi connectivity index (χ3v) is 2.67. The molecule has 0 saturated carbocycles. The number of ether oxygens (including phenoxy) is 2. The third-order valence-electron chi connectivity index (χ3n) is 2.67. The van der Waals surface area contributed by atoms with Crippen molar-refractivity contribution in [3.05, 3.63) is 47.0 Å². The lowest BCUT2D eigenvalue weighted by Gasteiger charge is -2.20. The maximum atomic E-state index is 12.1. The summed E-state index contributed by atoms with van der Waals surface area (Å²) in [4.78, 5) is 24.0. The van der Waals surface area contributed by atoms with Crippen LogP contribution >= 0.6 is 0 Å². The summed E-state index contributed by atoms with van der Waals surface area (Å²) in [7, 11) is 2.85. The van der Waals surface area contributed by atoms with Crippen molar-refractivity contribution in [2.75, 3.05) is 14.2 Å². The fourth-order valence-electron chi connectivity index (χ4n) is 1.86. The first-order chi connectivity index (χ1) is 8.19. The highest BCUT2D eigenvalue weighted by atomic mass is 16.7. The minimum absolute atomic E-state index is 0.200. The number of ketones is 2. The van der Waals surface area contributed by atoms with Crippen LogP contribution in [0.3, 0.4) is 0 Å². The van der Waals surface area contributed by atoms with Crippen LogP contribution in [0, 0.1) is 0 Å². The molecule has 0 saturated heterocycles. The van der Waals surface area contributed by atoms with Crippen molar-refractivity contribution in [1.29, 1.82) is 0 Å². The monoisotopic (exact) mass is 232 g/mol. The van der Waals surface area contributed by atoms with Crippen molar-refractivity contribution < 1.29 is 19.1 Å². The van der Waals surface area contributed by atoms with Gasteiger partial charge in [0.25, 0.3) is 0 Å². The summed E-state index contributed by atoms with van der Waals surface area (Å²) >= 11 is 0. The van der Waals surface area contributed by atoms with Crippen LogP contribution in [0.1, 0.15) is 20.7 Å². The van der Waals surface area contributed by atoms with Crippen molar-refractivity contribution in [3.63, 3.8) is 0 Å². The summed E-state index contributed by atoms with van der Waals surface area (Å²) in [5.74, 6) is -0.428. The van der Waals surface area contributed by atoms with Crippen LogP contribution in [-0.2, 0) is 9.47 Å². The molecule has 4 nitrogen and oxygen atoms in total. The highest BCUT2D eigenvalue weighted by Gasteiger charge is 2.30. The third kappa shape index (κ3) is 1.92. The van der Waals surface area contributed by atoms with Crippen molar-refractivity contribution in [2.24, 2.45) is 0 Å². The smallest absolute Gasteiger partial charge is 0.194 e. The lowest BCUT2D eigenvalue weighted by molar-refractivity contribution is -0.0732. The molecule has 0 unspecified atom stereocenters. The molecule has 17 heavy (non-hydrogen) atoms. The first kappa shape index (κ1) is 11.7. The van der Waals surface area contributed by atoms with Crippen molar-refractivity contribution >= 4 is 11.6 Å². The molecule has 1 aliphatic rings. The second-order valence-electron chi connectivity index (χ2n) is 3.64. The van der Waals surface area contributed by atoms with E-state index in [1.807, 2.05) is 0 Å². The van der Waals surface area contributed by atoms with E-state index < -0.39 is 6.29 Å². The molecule has 0 radical (unpaired) electrons. The molecule has 0 spiro atoms. The Bertz CT molecular complexity index is 498. The molecule has 2 rings (SSSR count). The van der Waals surface area contributed by atoms with Crippen LogP contribution in [0.2, 0.25) is 0 Å². The van der Waals surface area contributed by atoms with E-state index in [0.29, 0.717) is 11.1 Å². The Labute approximate surface area is 98.8 Å². The van der Waals surface area contributed by atoms with Gasteiger partial charge in [-0.3, -0.25) is 9.59 Å². The van der Waals surface area contributed by atoms with E-state index in [1.54, 1.807) is 24.3 Å². The fourth-order valence-corrected chi connectivity index (χ4v) is 1.86. The summed E-state index contributed by atoms with van der Waals surface area (Å²) in [6.07, 6.45) is 0.474.